The zero-order valence-corrected chi connectivity index (χ0v) is 17.7. The van der Waals surface area contributed by atoms with Crippen LogP contribution in [0, 0.1) is 5.92 Å². The van der Waals surface area contributed by atoms with Gasteiger partial charge in [-0.2, -0.15) is 0 Å². The molecule has 27 heavy (non-hydrogen) atoms. The fourth-order valence-electron chi connectivity index (χ4n) is 3.93. The summed E-state index contributed by atoms with van der Waals surface area (Å²) in [5, 5.41) is 0. The molecule has 3 rings (SSSR count). The lowest BCUT2D eigenvalue weighted by atomic mass is 9.97. The lowest BCUT2D eigenvalue weighted by Crippen LogP contribution is -2.55. The highest BCUT2D eigenvalue weighted by Gasteiger charge is 2.27. The third-order valence-electron chi connectivity index (χ3n) is 6.47. The van der Waals surface area contributed by atoms with Crippen molar-refractivity contribution in [2.75, 3.05) is 40.3 Å². The minimum Gasteiger partial charge on any atom is -0.320 e. The lowest BCUT2D eigenvalue weighted by Gasteiger charge is -2.41. The van der Waals surface area contributed by atoms with Crippen LogP contribution in [0.3, 0.4) is 0 Å². The van der Waals surface area contributed by atoms with Gasteiger partial charge in [0.25, 0.3) is 0 Å². The Morgan fingerprint density at radius 1 is 0.889 bits per heavy atom. The second-order valence-corrected chi connectivity index (χ2v) is 8.97. The summed E-state index contributed by atoms with van der Waals surface area (Å²) in [6.45, 7) is 10.7. The van der Waals surface area contributed by atoms with Gasteiger partial charge < -0.3 is 4.48 Å². The van der Waals surface area contributed by atoms with E-state index < -0.39 is 0 Å². The van der Waals surface area contributed by atoms with Crippen LogP contribution >= 0.6 is 0 Å². The molecule has 1 fully saturated rings. The average Bonchev–Trinajstić information content (AvgIpc) is 2.69. The Bertz CT molecular complexity index is 694. The van der Waals surface area contributed by atoms with Crippen LogP contribution in [0.25, 0.3) is 11.1 Å². The standard InChI is InChI=1S/C25H37N2/c1-5-21(2)6-7-22-8-12-24(13-9-22)25-14-10-23(11-15-25)20-27(4)18-16-26(3)17-19-27/h8-15,21H,5-7,16-20H2,1-4H3/q+1. The number of benzene rings is 2. The van der Waals surface area contributed by atoms with Crippen LogP contribution in [0.5, 0.6) is 0 Å². The van der Waals surface area contributed by atoms with Crippen LogP contribution in [0.2, 0.25) is 0 Å². The largest absolute Gasteiger partial charge is 0.320 e. The Hall–Kier alpha value is -1.64. The quantitative estimate of drug-likeness (QED) is 0.608. The van der Waals surface area contributed by atoms with Gasteiger partial charge in [0.05, 0.1) is 20.1 Å². The van der Waals surface area contributed by atoms with E-state index in [0.717, 1.165) is 16.9 Å². The summed E-state index contributed by atoms with van der Waals surface area (Å²) in [7, 11) is 4.63. The Kier molecular flexibility index (Phi) is 6.73. The Morgan fingerprint density at radius 2 is 1.41 bits per heavy atom. The number of piperazine rings is 1. The van der Waals surface area contributed by atoms with E-state index >= 15 is 0 Å². The van der Waals surface area contributed by atoms with Gasteiger partial charge in [-0.25, -0.2) is 0 Å². The van der Waals surface area contributed by atoms with E-state index in [2.05, 4.69) is 81.4 Å². The van der Waals surface area contributed by atoms with Gasteiger partial charge in [-0.1, -0.05) is 68.8 Å². The first-order chi connectivity index (χ1) is 13.0. The van der Waals surface area contributed by atoms with Gasteiger partial charge in [0.2, 0.25) is 0 Å². The van der Waals surface area contributed by atoms with E-state index in [4.69, 9.17) is 0 Å². The molecule has 1 unspecified atom stereocenters. The first-order valence-corrected chi connectivity index (χ1v) is 10.7. The number of rotatable bonds is 7. The predicted molar refractivity (Wildman–Crippen MR) is 117 cm³/mol. The summed E-state index contributed by atoms with van der Waals surface area (Å²) in [6.07, 6.45) is 3.76. The normalized spacial score (nSPS) is 18.4. The molecule has 2 nitrogen and oxygen atoms in total. The third-order valence-corrected chi connectivity index (χ3v) is 6.47. The van der Waals surface area contributed by atoms with Crippen molar-refractivity contribution < 1.29 is 4.48 Å². The van der Waals surface area contributed by atoms with E-state index in [1.807, 2.05) is 0 Å². The van der Waals surface area contributed by atoms with Crippen LogP contribution in [-0.2, 0) is 13.0 Å². The van der Waals surface area contributed by atoms with Crippen molar-refractivity contribution >= 4 is 0 Å². The van der Waals surface area contributed by atoms with Crippen molar-refractivity contribution in [2.24, 2.45) is 5.92 Å². The molecule has 0 aromatic heterocycles. The Labute approximate surface area is 166 Å². The monoisotopic (exact) mass is 365 g/mol. The first-order valence-electron chi connectivity index (χ1n) is 10.7. The molecule has 1 atom stereocenters. The summed E-state index contributed by atoms with van der Waals surface area (Å²) in [6, 6.07) is 18.4. The molecule has 2 aromatic rings. The van der Waals surface area contributed by atoms with Crippen molar-refractivity contribution in [3.8, 4) is 11.1 Å². The molecule has 0 aliphatic carbocycles. The van der Waals surface area contributed by atoms with Crippen molar-refractivity contribution in [1.82, 2.24) is 4.90 Å². The van der Waals surface area contributed by atoms with E-state index in [0.29, 0.717) is 0 Å². The number of hydrogen-bond donors (Lipinski definition) is 0. The van der Waals surface area contributed by atoms with Gasteiger partial charge >= 0.3 is 0 Å². The molecule has 0 saturated carbocycles. The maximum absolute atomic E-state index is 2.44. The zero-order valence-electron chi connectivity index (χ0n) is 17.7. The molecule has 0 amide bonds. The van der Waals surface area contributed by atoms with Crippen molar-refractivity contribution in [3.05, 3.63) is 59.7 Å². The summed E-state index contributed by atoms with van der Waals surface area (Å²) < 4.78 is 1.16. The molecule has 2 aromatic carbocycles. The molecule has 0 bridgehead atoms. The van der Waals surface area contributed by atoms with E-state index in [-0.39, 0.29) is 0 Å². The maximum Gasteiger partial charge on any atom is 0.104 e. The molecule has 1 aliphatic rings. The number of hydrogen-bond acceptors (Lipinski definition) is 1. The molecule has 0 radical (unpaired) electrons. The smallest absolute Gasteiger partial charge is 0.104 e. The van der Waals surface area contributed by atoms with Gasteiger partial charge in [-0.3, -0.25) is 4.90 Å². The van der Waals surface area contributed by atoms with E-state index in [1.165, 1.54) is 67.7 Å². The summed E-state index contributed by atoms with van der Waals surface area (Å²) in [4.78, 5) is 2.44. The third kappa shape index (κ3) is 5.67. The zero-order chi connectivity index (χ0) is 19.3. The molecule has 1 saturated heterocycles. The van der Waals surface area contributed by atoms with Gasteiger partial charge in [0.1, 0.15) is 6.54 Å². The van der Waals surface area contributed by atoms with Gasteiger partial charge in [0.15, 0.2) is 0 Å². The maximum atomic E-state index is 2.44. The number of quaternary nitrogens is 1. The fourth-order valence-corrected chi connectivity index (χ4v) is 3.93. The Balaban J connectivity index is 1.60. The van der Waals surface area contributed by atoms with Gasteiger partial charge in [0, 0.05) is 18.7 Å². The SMILES string of the molecule is CCC(C)CCc1ccc(-c2ccc(C[N+]3(C)CCN(C)CC3)cc2)cc1. The molecule has 146 valence electrons. The highest BCUT2D eigenvalue weighted by molar-refractivity contribution is 5.63. The van der Waals surface area contributed by atoms with Crippen LogP contribution in [0.1, 0.15) is 37.8 Å². The van der Waals surface area contributed by atoms with E-state index in [9.17, 15) is 0 Å². The average molecular weight is 366 g/mol. The van der Waals surface area contributed by atoms with Crippen LogP contribution in [-0.4, -0.2) is 49.7 Å². The van der Waals surface area contributed by atoms with Crippen molar-refractivity contribution in [1.29, 1.82) is 0 Å². The molecule has 2 heteroatoms. The lowest BCUT2D eigenvalue weighted by molar-refractivity contribution is -0.926. The highest BCUT2D eigenvalue weighted by atomic mass is 15.4. The molecule has 0 N–H and O–H groups in total. The molecule has 1 aliphatic heterocycles. The second-order valence-electron chi connectivity index (χ2n) is 8.97. The molecular formula is C25H37N2+. The van der Waals surface area contributed by atoms with Crippen molar-refractivity contribution in [2.45, 2.75) is 39.7 Å². The first kappa shape index (κ1) is 20.1. The molecule has 1 heterocycles. The summed E-state index contributed by atoms with van der Waals surface area (Å²) in [5.41, 5.74) is 5.57. The minimum atomic E-state index is 0.821. The number of aryl methyl sites for hydroxylation is 1. The van der Waals surface area contributed by atoms with Gasteiger partial charge in [-0.05, 0) is 42.5 Å². The van der Waals surface area contributed by atoms with Crippen LogP contribution in [0.15, 0.2) is 48.5 Å². The fraction of sp³-hybridized carbons (Fsp3) is 0.520. The highest BCUT2D eigenvalue weighted by Crippen LogP contribution is 2.23. The minimum absolute atomic E-state index is 0.821. The number of nitrogens with zero attached hydrogens (tertiary/aromatic N) is 2. The topological polar surface area (TPSA) is 3.24 Å². The van der Waals surface area contributed by atoms with Gasteiger partial charge in [-0.15, -0.1) is 0 Å². The van der Waals surface area contributed by atoms with Crippen LogP contribution < -0.4 is 0 Å². The Morgan fingerprint density at radius 3 is 1.93 bits per heavy atom. The second kappa shape index (κ2) is 9.03. The van der Waals surface area contributed by atoms with Crippen molar-refractivity contribution in [3.63, 3.8) is 0 Å². The number of likely N-dealkylation sites (N-methyl/N-ethyl adjacent to an activating group) is 2. The summed E-state index contributed by atoms with van der Waals surface area (Å²) in [5.74, 6) is 0.821. The molecule has 0 spiro atoms. The summed E-state index contributed by atoms with van der Waals surface area (Å²) >= 11 is 0. The van der Waals surface area contributed by atoms with E-state index in [1.54, 1.807) is 0 Å². The van der Waals surface area contributed by atoms with Crippen LogP contribution in [0.4, 0.5) is 0 Å². The predicted octanol–water partition coefficient (Wildman–Crippen LogP) is 5.22. The molecular weight excluding hydrogens is 328 g/mol.